The highest BCUT2D eigenvalue weighted by Gasteiger charge is 2.00. The first-order chi connectivity index (χ1) is 31.5. The van der Waals surface area contributed by atoms with Crippen LogP contribution >= 0.6 is 0 Å². The Balaban J connectivity index is 0.000000343. The summed E-state index contributed by atoms with van der Waals surface area (Å²) in [5, 5.41) is 0. The minimum Gasteiger partial charge on any atom is -0.381 e. The second-order valence-electron chi connectivity index (χ2n) is 17.9. The Kier molecular flexibility index (Phi) is 55.5. The van der Waals surface area contributed by atoms with Gasteiger partial charge in [0.1, 0.15) is 13.6 Å². The van der Waals surface area contributed by atoms with Crippen molar-refractivity contribution in [2.75, 3.05) is 119 Å². The first-order valence-corrected chi connectivity index (χ1v) is 27.3. The average Bonchev–Trinajstić information content (AvgIpc) is 4.04. The van der Waals surface area contributed by atoms with E-state index in [1.54, 1.807) is 0 Å². The van der Waals surface area contributed by atoms with E-state index in [0.29, 0.717) is 13.6 Å². The van der Waals surface area contributed by atoms with Gasteiger partial charge in [0.15, 0.2) is 0 Å². The molecule has 13 aliphatic rings. The van der Waals surface area contributed by atoms with Gasteiger partial charge in [-0.25, -0.2) is 0 Å². The van der Waals surface area contributed by atoms with E-state index < -0.39 is 0 Å². The molecule has 10 heteroatoms. The van der Waals surface area contributed by atoms with Crippen LogP contribution in [0.25, 0.3) is 0 Å². The largest absolute Gasteiger partial charge is 0.381 e. The number of hydrogen-bond acceptors (Lipinski definition) is 10. The maximum atomic E-state index is 5.07. The second-order valence-corrected chi connectivity index (χ2v) is 17.9. The van der Waals surface area contributed by atoms with Crippen LogP contribution in [0.4, 0.5) is 0 Å². The summed E-state index contributed by atoms with van der Waals surface area (Å²) in [6.07, 6.45) is 50.2. The van der Waals surface area contributed by atoms with Crippen LogP contribution in [0.3, 0.4) is 0 Å². The predicted octanol–water partition coefficient (Wildman–Crippen LogP) is 13.7. The van der Waals surface area contributed by atoms with Gasteiger partial charge in [-0.1, -0.05) is 161 Å². The predicted molar refractivity (Wildman–Crippen MR) is 260 cm³/mol. The molecule has 8 aliphatic heterocycles. The molecule has 0 aromatic rings. The molecule has 10 nitrogen and oxygen atoms in total. The monoisotopic (exact) mass is 903 g/mol. The van der Waals surface area contributed by atoms with Crippen LogP contribution in [0, 0.1) is 0 Å². The molecule has 0 atom stereocenters. The minimum absolute atomic E-state index is 0.500. The summed E-state index contributed by atoms with van der Waals surface area (Å²) in [4.78, 5) is 0. The standard InChI is InChI=1S/C7H14.C6H12.C5H10O.C5H10.C4H8O2.2C4H8O.C4H8.C3H6O2.2C3H6O.C3H6.C2H4O/c1-2-4-6-7-5-3-1;2*1-2-4-6-5-3-1;1-2-4-5-3-1;1-2-5-4-6-3-1;2*1-2-4-5-3-1;1-2-4-3-1;1-2-5-3-4-1;2*1-2-4-3-1;2*1-2-3-1/h1-7H2;1-6H2;1-5H2;1-5H2;1-4H2;2*1-4H2;1-4H2;1-3H2;2*1-3H2;1-3H2;1-2H2. The highest BCUT2D eigenvalue weighted by molar-refractivity contribution is 4.53. The van der Waals surface area contributed by atoms with Crippen molar-refractivity contribution >= 4 is 0 Å². The van der Waals surface area contributed by atoms with Crippen molar-refractivity contribution in [1.29, 1.82) is 0 Å². The van der Waals surface area contributed by atoms with Crippen LogP contribution < -0.4 is 0 Å². The van der Waals surface area contributed by atoms with Crippen molar-refractivity contribution in [3.8, 4) is 0 Å². The Labute approximate surface area is 390 Å². The van der Waals surface area contributed by atoms with Gasteiger partial charge in [0, 0.05) is 66.1 Å². The Morgan fingerprint density at radius 3 is 0.302 bits per heavy atom. The molecule has 0 radical (unpaired) electrons. The van der Waals surface area contributed by atoms with Gasteiger partial charge in [-0.3, -0.25) is 0 Å². The summed E-state index contributed by atoms with van der Waals surface area (Å²) in [5.41, 5.74) is 0. The molecule has 0 bridgehead atoms. The first-order valence-electron chi connectivity index (χ1n) is 27.3. The lowest BCUT2D eigenvalue weighted by molar-refractivity contribution is -0.0963. The normalized spacial score (nSPS) is 24.0. The van der Waals surface area contributed by atoms with E-state index in [2.05, 4.69) is 4.74 Å². The molecule has 0 amide bonds. The fraction of sp³-hybridized carbons (Fsp3) is 1.00. The molecule has 13 fully saturated rings. The maximum Gasteiger partial charge on any atom is 0.146 e. The second kappa shape index (κ2) is 57.7. The Hall–Kier alpha value is -0.400. The number of ether oxygens (including phenoxy) is 10. The lowest BCUT2D eigenvalue weighted by atomic mass is 10.0. The van der Waals surface area contributed by atoms with E-state index in [4.69, 9.17) is 42.6 Å². The van der Waals surface area contributed by atoms with Gasteiger partial charge >= 0.3 is 0 Å². The van der Waals surface area contributed by atoms with Crippen molar-refractivity contribution in [3.63, 3.8) is 0 Å². The molecule has 5 saturated carbocycles. The zero-order valence-corrected chi connectivity index (χ0v) is 41.6. The highest BCUT2D eigenvalue weighted by atomic mass is 16.7. The Morgan fingerprint density at radius 2 is 0.222 bits per heavy atom. The van der Waals surface area contributed by atoms with E-state index in [1.807, 2.05) is 0 Å². The van der Waals surface area contributed by atoms with E-state index in [0.717, 1.165) is 112 Å². The van der Waals surface area contributed by atoms with Gasteiger partial charge in [0.05, 0.1) is 39.6 Å². The van der Waals surface area contributed by atoms with Gasteiger partial charge in [-0.15, -0.1) is 0 Å². The summed E-state index contributed by atoms with van der Waals surface area (Å²) >= 11 is 0. The van der Waals surface area contributed by atoms with Gasteiger partial charge < -0.3 is 47.4 Å². The molecule has 378 valence electrons. The number of epoxide rings is 1. The van der Waals surface area contributed by atoms with Crippen molar-refractivity contribution in [2.24, 2.45) is 0 Å². The van der Waals surface area contributed by atoms with Crippen LogP contribution in [0.15, 0.2) is 0 Å². The van der Waals surface area contributed by atoms with Gasteiger partial charge in [0.2, 0.25) is 0 Å². The smallest absolute Gasteiger partial charge is 0.146 e. The quantitative estimate of drug-likeness (QED) is 0.173. The fourth-order valence-corrected chi connectivity index (χ4v) is 6.16. The van der Waals surface area contributed by atoms with E-state index >= 15 is 0 Å². The van der Waals surface area contributed by atoms with Crippen LogP contribution in [0.2, 0.25) is 0 Å². The zero-order valence-electron chi connectivity index (χ0n) is 41.6. The van der Waals surface area contributed by atoms with E-state index in [9.17, 15) is 0 Å². The summed E-state index contributed by atoms with van der Waals surface area (Å²) < 4.78 is 48.0. The van der Waals surface area contributed by atoms with E-state index in [1.165, 1.54) is 218 Å². The third-order valence-corrected chi connectivity index (χ3v) is 11.2. The summed E-state index contributed by atoms with van der Waals surface area (Å²) in [6, 6.07) is 0. The lowest BCUT2D eigenvalue weighted by Crippen LogP contribution is -2.11. The van der Waals surface area contributed by atoms with Crippen LogP contribution in [-0.2, 0) is 47.4 Å². The molecule has 5 aliphatic carbocycles. The third-order valence-electron chi connectivity index (χ3n) is 11.2. The Bertz CT molecular complexity index is 553. The maximum absolute atomic E-state index is 5.07. The zero-order chi connectivity index (χ0) is 44.5. The molecular formula is C53H106O10. The molecule has 0 aromatic carbocycles. The van der Waals surface area contributed by atoms with Gasteiger partial charge in [0.25, 0.3) is 0 Å². The first kappa shape index (κ1) is 60.6. The minimum atomic E-state index is 0.500. The molecule has 63 heavy (non-hydrogen) atoms. The van der Waals surface area contributed by atoms with Crippen LogP contribution in [0.5, 0.6) is 0 Å². The SMILES string of the molecule is C1CC1.C1CCC1.C1CCCC1.C1CCCCC1.C1CCCCCC1.C1CCOC1.C1CCOC1.C1CCOCC1.C1CO1.C1COC1.C1COC1.C1COCO1.C1COCOC1. The van der Waals surface area contributed by atoms with E-state index in [-0.39, 0.29) is 0 Å². The summed E-state index contributed by atoms with van der Waals surface area (Å²) in [5.74, 6) is 0. The van der Waals surface area contributed by atoms with Crippen molar-refractivity contribution in [2.45, 2.75) is 225 Å². The van der Waals surface area contributed by atoms with Crippen LogP contribution in [-0.4, -0.2) is 119 Å². The lowest BCUT2D eigenvalue weighted by Gasteiger charge is -2.09. The van der Waals surface area contributed by atoms with Gasteiger partial charge in [-0.05, 0) is 64.2 Å². The molecule has 13 rings (SSSR count). The molecule has 8 heterocycles. The summed E-state index contributed by atoms with van der Waals surface area (Å²) in [7, 11) is 0. The van der Waals surface area contributed by atoms with Crippen molar-refractivity contribution in [3.05, 3.63) is 0 Å². The van der Waals surface area contributed by atoms with Gasteiger partial charge in [-0.2, -0.15) is 0 Å². The van der Waals surface area contributed by atoms with Crippen molar-refractivity contribution < 1.29 is 47.4 Å². The fourth-order valence-electron chi connectivity index (χ4n) is 6.16. The number of hydrogen-bond donors (Lipinski definition) is 0. The average molecular weight is 903 g/mol. The molecular weight excluding hydrogens is 797 g/mol. The molecule has 8 saturated heterocycles. The topological polar surface area (TPSA) is 95.6 Å². The van der Waals surface area contributed by atoms with Crippen molar-refractivity contribution in [1.82, 2.24) is 0 Å². The molecule has 0 unspecified atom stereocenters. The Morgan fingerprint density at radius 1 is 0.0952 bits per heavy atom. The van der Waals surface area contributed by atoms with Crippen LogP contribution in [0.1, 0.15) is 225 Å². The molecule has 0 N–H and O–H groups in total. The molecule has 0 spiro atoms. The summed E-state index contributed by atoms with van der Waals surface area (Å²) in [6.45, 7) is 16.3. The molecule has 0 aromatic heterocycles. The third kappa shape index (κ3) is 63.7. The highest BCUT2D eigenvalue weighted by Crippen LogP contribution is 2.17. The number of rotatable bonds is 0.